The molecule has 0 radical (unpaired) electrons. The van der Waals surface area contributed by atoms with Gasteiger partial charge in [-0.3, -0.25) is 28.6 Å². The quantitative estimate of drug-likeness (QED) is 0.271. The summed E-state index contributed by atoms with van der Waals surface area (Å²) in [6.45, 7) is 0.166. The van der Waals surface area contributed by atoms with E-state index >= 15 is 0 Å². The fourth-order valence-electron chi connectivity index (χ4n) is 3.30. The van der Waals surface area contributed by atoms with Crippen molar-refractivity contribution in [1.29, 1.82) is 0 Å². The van der Waals surface area contributed by atoms with Crippen molar-refractivity contribution in [3.63, 3.8) is 0 Å². The molecule has 12 heteroatoms. The van der Waals surface area contributed by atoms with Crippen LogP contribution in [0.3, 0.4) is 0 Å². The average molecular weight is 451 g/mol. The first-order valence-electron chi connectivity index (χ1n) is 9.70. The Kier molecular flexibility index (Phi) is 5.56. The number of anilines is 1. The normalized spacial score (nSPS) is 11.4. The lowest BCUT2D eigenvalue weighted by molar-refractivity contribution is -0.384. The van der Waals surface area contributed by atoms with Crippen molar-refractivity contribution in [2.24, 2.45) is 19.2 Å². The highest BCUT2D eigenvalue weighted by atomic mass is 19.1. The minimum Gasteiger partial charge on any atom is -0.298 e. The summed E-state index contributed by atoms with van der Waals surface area (Å²) in [6.07, 6.45) is 1.43. The van der Waals surface area contributed by atoms with Crippen LogP contribution in [0.25, 0.3) is 11.2 Å². The molecule has 0 aliphatic rings. The van der Waals surface area contributed by atoms with E-state index in [0.29, 0.717) is 11.1 Å². The van der Waals surface area contributed by atoms with Gasteiger partial charge >= 0.3 is 5.69 Å². The van der Waals surface area contributed by atoms with Crippen molar-refractivity contribution in [3.05, 3.63) is 96.4 Å². The van der Waals surface area contributed by atoms with Gasteiger partial charge in [0.25, 0.3) is 11.2 Å². The van der Waals surface area contributed by atoms with E-state index in [1.54, 1.807) is 16.7 Å². The molecule has 2 aromatic carbocycles. The second kappa shape index (κ2) is 8.49. The second-order valence-corrected chi connectivity index (χ2v) is 7.24. The first-order chi connectivity index (χ1) is 15.8. The van der Waals surface area contributed by atoms with Crippen LogP contribution in [-0.4, -0.2) is 29.8 Å². The Balaban J connectivity index is 1.76. The summed E-state index contributed by atoms with van der Waals surface area (Å²) in [7, 11) is 2.88. The molecule has 0 saturated heterocycles. The van der Waals surface area contributed by atoms with E-state index in [0.717, 1.165) is 4.57 Å². The van der Waals surface area contributed by atoms with E-state index in [9.17, 15) is 24.1 Å². The smallest absolute Gasteiger partial charge is 0.298 e. The summed E-state index contributed by atoms with van der Waals surface area (Å²) in [5, 5.41) is 14.9. The maximum Gasteiger partial charge on any atom is 0.332 e. The van der Waals surface area contributed by atoms with Gasteiger partial charge in [-0.15, -0.1) is 0 Å². The molecule has 0 atom stereocenters. The third kappa shape index (κ3) is 4.13. The molecule has 2 aromatic heterocycles. The summed E-state index contributed by atoms with van der Waals surface area (Å²) in [6, 6.07) is 11.5. The molecule has 1 N–H and O–H groups in total. The standard InChI is InChI=1S/C21H18FN7O4/c1-26-18-17(19(30)27(2)21(26)31)28(12-14-3-7-15(22)8-4-14)20(24-18)25-23-11-13-5-9-16(10-6-13)29(32)33/h3-11H,12H2,1-2H3,(H,24,25)/b23-11+. The van der Waals surface area contributed by atoms with Crippen molar-refractivity contribution in [3.8, 4) is 0 Å². The van der Waals surface area contributed by atoms with E-state index < -0.39 is 22.0 Å². The zero-order chi connectivity index (χ0) is 23.7. The van der Waals surface area contributed by atoms with Crippen molar-refractivity contribution in [2.75, 3.05) is 5.43 Å². The van der Waals surface area contributed by atoms with Gasteiger partial charge in [-0.05, 0) is 35.4 Å². The van der Waals surface area contributed by atoms with E-state index in [-0.39, 0.29) is 29.3 Å². The Bertz CT molecular complexity index is 1500. The minimum absolute atomic E-state index is 0.0436. The third-order valence-electron chi connectivity index (χ3n) is 5.08. The highest BCUT2D eigenvalue weighted by Gasteiger charge is 2.19. The highest BCUT2D eigenvalue weighted by Crippen LogP contribution is 2.18. The Morgan fingerprint density at radius 3 is 2.39 bits per heavy atom. The first kappa shape index (κ1) is 21.6. The Hall–Kier alpha value is -4.61. The number of hydrazone groups is 1. The molecule has 33 heavy (non-hydrogen) atoms. The number of benzene rings is 2. The largest absolute Gasteiger partial charge is 0.332 e. The number of hydrogen-bond donors (Lipinski definition) is 1. The molecular weight excluding hydrogens is 433 g/mol. The first-order valence-corrected chi connectivity index (χ1v) is 9.70. The molecule has 0 saturated carbocycles. The van der Waals surface area contributed by atoms with Gasteiger partial charge < -0.3 is 0 Å². The van der Waals surface area contributed by atoms with Gasteiger partial charge in [-0.1, -0.05) is 12.1 Å². The van der Waals surface area contributed by atoms with Crippen LogP contribution < -0.4 is 16.7 Å². The molecule has 0 fully saturated rings. The van der Waals surface area contributed by atoms with Gasteiger partial charge in [-0.2, -0.15) is 10.1 Å². The monoisotopic (exact) mass is 451 g/mol. The predicted octanol–water partition coefficient (Wildman–Crippen LogP) is 1.98. The number of nitro groups is 1. The number of halogens is 1. The molecule has 0 unspecified atom stereocenters. The molecule has 2 heterocycles. The van der Waals surface area contributed by atoms with Crippen LogP contribution in [0.2, 0.25) is 0 Å². The maximum atomic E-state index is 13.3. The number of fused-ring (bicyclic) bond motifs is 1. The maximum absolute atomic E-state index is 13.3. The van der Waals surface area contributed by atoms with Crippen LogP contribution in [0.5, 0.6) is 0 Å². The molecule has 0 aliphatic heterocycles. The van der Waals surface area contributed by atoms with Gasteiger partial charge in [0, 0.05) is 26.2 Å². The number of aromatic nitrogens is 4. The van der Waals surface area contributed by atoms with Crippen LogP contribution in [-0.2, 0) is 20.6 Å². The van der Waals surface area contributed by atoms with Crippen molar-refractivity contribution in [2.45, 2.75) is 6.54 Å². The van der Waals surface area contributed by atoms with E-state index in [4.69, 9.17) is 0 Å². The Morgan fingerprint density at radius 1 is 1.09 bits per heavy atom. The number of non-ortho nitro benzene ring substituents is 1. The van der Waals surface area contributed by atoms with E-state index in [1.165, 1.54) is 61.3 Å². The number of rotatable bonds is 6. The van der Waals surface area contributed by atoms with Crippen LogP contribution in [0.15, 0.2) is 63.2 Å². The van der Waals surface area contributed by atoms with Gasteiger partial charge in [0.2, 0.25) is 5.95 Å². The third-order valence-corrected chi connectivity index (χ3v) is 5.08. The fraction of sp³-hybridized carbons (Fsp3) is 0.143. The van der Waals surface area contributed by atoms with E-state index in [2.05, 4.69) is 15.5 Å². The molecule has 0 spiro atoms. The highest BCUT2D eigenvalue weighted by molar-refractivity contribution is 5.81. The molecular formula is C21H18FN7O4. The van der Waals surface area contributed by atoms with Gasteiger partial charge in [0.15, 0.2) is 11.2 Å². The molecule has 0 bridgehead atoms. The lowest BCUT2D eigenvalue weighted by Gasteiger charge is -2.09. The number of imidazole rings is 1. The van der Waals surface area contributed by atoms with Crippen LogP contribution in [0, 0.1) is 15.9 Å². The summed E-state index contributed by atoms with van der Waals surface area (Å²) in [5.74, 6) is -0.204. The minimum atomic E-state index is -0.532. The molecule has 0 amide bonds. The SMILES string of the molecule is Cn1c(=O)c2c(nc(N/N=C/c3ccc([N+](=O)[O-])cc3)n2Cc2ccc(F)cc2)n(C)c1=O. The molecule has 4 aromatic rings. The fourth-order valence-corrected chi connectivity index (χ4v) is 3.30. The van der Waals surface area contributed by atoms with Gasteiger partial charge in [0.05, 0.1) is 17.7 Å². The van der Waals surface area contributed by atoms with Crippen molar-refractivity contribution < 1.29 is 9.31 Å². The van der Waals surface area contributed by atoms with Gasteiger partial charge in [0.1, 0.15) is 5.82 Å². The summed E-state index contributed by atoms with van der Waals surface area (Å²) in [5.41, 5.74) is 3.30. The number of hydrogen-bond acceptors (Lipinski definition) is 7. The zero-order valence-corrected chi connectivity index (χ0v) is 17.6. The topological polar surface area (TPSA) is 129 Å². The lowest BCUT2D eigenvalue weighted by Crippen LogP contribution is -2.37. The second-order valence-electron chi connectivity index (χ2n) is 7.24. The average Bonchev–Trinajstić information content (AvgIpc) is 3.16. The number of nitrogens with zero attached hydrogens (tertiary/aromatic N) is 6. The Labute approximate surface area is 185 Å². The van der Waals surface area contributed by atoms with Crippen LogP contribution in [0.4, 0.5) is 16.0 Å². The lowest BCUT2D eigenvalue weighted by atomic mass is 10.2. The van der Waals surface area contributed by atoms with Crippen LogP contribution >= 0.6 is 0 Å². The molecule has 11 nitrogen and oxygen atoms in total. The number of nitro benzene ring substituents is 1. The zero-order valence-electron chi connectivity index (χ0n) is 17.6. The van der Waals surface area contributed by atoms with Gasteiger partial charge in [-0.25, -0.2) is 14.6 Å². The summed E-state index contributed by atoms with van der Waals surface area (Å²) < 4.78 is 17.1. The number of nitrogens with one attached hydrogen (secondary N) is 1. The molecule has 168 valence electrons. The molecule has 0 aliphatic carbocycles. The Morgan fingerprint density at radius 2 is 1.76 bits per heavy atom. The van der Waals surface area contributed by atoms with Crippen molar-refractivity contribution in [1.82, 2.24) is 18.7 Å². The summed E-state index contributed by atoms with van der Waals surface area (Å²) >= 11 is 0. The predicted molar refractivity (Wildman–Crippen MR) is 120 cm³/mol. The van der Waals surface area contributed by atoms with E-state index in [1.807, 2.05) is 0 Å². The molecule has 4 rings (SSSR count). The van der Waals surface area contributed by atoms with Crippen LogP contribution in [0.1, 0.15) is 11.1 Å². The summed E-state index contributed by atoms with van der Waals surface area (Å²) in [4.78, 5) is 39.9. The number of aryl methyl sites for hydroxylation is 1. The van der Waals surface area contributed by atoms with Crippen molar-refractivity contribution >= 4 is 29.0 Å².